The molecule has 0 amide bonds. The molecule has 0 fully saturated rings. The van der Waals surface area contributed by atoms with Gasteiger partial charge in [-0.1, -0.05) is 38.8 Å². The van der Waals surface area contributed by atoms with Crippen LogP contribution in [0.15, 0.2) is 24.3 Å². The number of nitrogens with zero attached hydrogens (tertiary/aromatic N) is 1. The van der Waals surface area contributed by atoms with E-state index in [2.05, 4.69) is 18.7 Å². The van der Waals surface area contributed by atoms with E-state index >= 15 is 0 Å². The number of carbonyl (C=O) groups is 2. The Bertz CT molecular complexity index is 446. The highest BCUT2D eigenvalue weighted by atomic mass is 16.4. The van der Waals surface area contributed by atoms with Crippen molar-refractivity contribution in [3.63, 3.8) is 0 Å². The summed E-state index contributed by atoms with van der Waals surface area (Å²) < 4.78 is 0. The molecule has 0 spiro atoms. The number of anilines is 1. The first kappa shape index (κ1) is 17.2. The smallest absolute Gasteiger partial charge is 0.372 e. The van der Waals surface area contributed by atoms with E-state index in [9.17, 15) is 9.59 Å². The lowest BCUT2D eigenvalue weighted by molar-refractivity contribution is -0.148. The van der Waals surface area contributed by atoms with Crippen molar-refractivity contribution in [2.75, 3.05) is 18.0 Å². The summed E-state index contributed by atoms with van der Waals surface area (Å²) in [4.78, 5) is 24.1. The van der Waals surface area contributed by atoms with Crippen molar-refractivity contribution in [1.29, 1.82) is 0 Å². The van der Waals surface area contributed by atoms with Crippen LogP contribution in [0.4, 0.5) is 5.69 Å². The third-order valence-electron chi connectivity index (χ3n) is 3.47. The van der Waals surface area contributed by atoms with Gasteiger partial charge < -0.3 is 10.0 Å². The van der Waals surface area contributed by atoms with E-state index < -0.39 is 11.8 Å². The number of unbranched alkanes of at least 4 members (excludes halogenated alkanes) is 2. The average Bonchev–Trinajstić information content (AvgIpc) is 2.48. The fourth-order valence-corrected chi connectivity index (χ4v) is 2.15. The van der Waals surface area contributed by atoms with E-state index in [0.717, 1.165) is 50.0 Å². The molecule has 1 aromatic rings. The second-order valence-corrected chi connectivity index (χ2v) is 5.27. The van der Waals surface area contributed by atoms with Crippen molar-refractivity contribution in [3.05, 3.63) is 29.8 Å². The Morgan fingerprint density at radius 3 is 1.95 bits per heavy atom. The molecule has 21 heavy (non-hydrogen) atoms. The molecule has 1 N–H and O–H groups in total. The fourth-order valence-electron chi connectivity index (χ4n) is 2.15. The lowest BCUT2D eigenvalue weighted by Crippen LogP contribution is -2.25. The topological polar surface area (TPSA) is 57.6 Å². The number of carboxylic acids is 1. The second kappa shape index (κ2) is 9.16. The monoisotopic (exact) mass is 291 g/mol. The Hall–Kier alpha value is -1.84. The molecule has 1 rings (SSSR count). The number of hydrogen-bond acceptors (Lipinski definition) is 3. The van der Waals surface area contributed by atoms with E-state index in [0.29, 0.717) is 0 Å². The van der Waals surface area contributed by atoms with Gasteiger partial charge in [0, 0.05) is 25.2 Å². The van der Waals surface area contributed by atoms with E-state index in [1.165, 1.54) is 0 Å². The maximum atomic E-state index is 11.2. The lowest BCUT2D eigenvalue weighted by atomic mass is 10.1. The lowest BCUT2D eigenvalue weighted by Gasteiger charge is -2.24. The summed E-state index contributed by atoms with van der Waals surface area (Å²) in [6.45, 7) is 6.42. The van der Waals surface area contributed by atoms with Crippen molar-refractivity contribution in [2.45, 2.75) is 46.0 Å². The fraction of sp³-hybridized carbons (Fsp3) is 0.529. The summed E-state index contributed by atoms with van der Waals surface area (Å²) in [5, 5.41) is 8.62. The number of ketones is 1. The van der Waals surface area contributed by atoms with Gasteiger partial charge in [-0.2, -0.15) is 0 Å². The van der Waals surface area contributed by atoms with Gasteiger partial charge in [0.15, 0.2) is 0 Å². The van der Waals surface area contributed by atoms with Crippen molar-refractivity contribution in [2.24, 2.45) is 0 Å². The highest BCUT2D eigenvalue weighted by molar-refractivity contribution is 6.33. The van der Waals surface area contributed by atoms with Gasteiger partial charge >= 0.3 is 5.97 Å². The molecule has 4 nitrogen and oxygen atoms in total. The normalized spacial score (nSPS) is 10.4. The zero-order chi connectivity index (χ0) is 15.7. The number of aliphatic carboxylic acids is 1. The van der Waals surface area contributed by atoms with Crippen LogP contribution in [0, 0.1) is 0 Å². The van der Waals surface area contributed by atoms with E-state index in [1.54, 1.807) is 0 Å². The first-order chi connectivity index (χ1) is 10.1. The van der Waals surface area contributed by atoms with E-state index in [1.807, 2.05) is 24.3 Å². The van der Waals surface area contributed by atoms with Crippen molar-refractivity contribution in [3.8, 4) is 0 Å². The Morgan fingerprint density at radius 1 is 1.00 bits per heavy atom. The predicted octanol–water partition coefficient (Wildman–Crippen LogP) is 3.29. The third-order valence-corrected chi connectivity index (χ3v) is 3.47. The maximum Gasteiger partial charge on any atom is 0.372 e. The van der Waals surface area contributed by atoms with Crippen LogP contribution in [-0.2, 0) is 16.0 Å². The van der Waals surface area contributed by atoms with Gasteiger partial charge in [0.2, 0.25) is 5.78 Å². The molecule has 1 aromatic carbocycles. The van der Waals surface area contributed by atoms with Crippen LogP contribution < -0.4 is 4.90 Å². The Morgan fingerprint density at radius 2 is 1.52 bits per heavy atom. The molecular weight excluding hydrogens is 266 g/mol. The Kier molecular flexibility index (Phi) is 7.51. The molecule has 4 heteroatoms. The molecule has 0 aliphatic carbocycles. The molecule has 0 aliphatic rings. The van der Waals surface area contributed by atoms with Crippen LogP contribution in [0.25, 0.3) is 0 Å². The predicted molar refractivity (Wildman–Crippen MR) is 84.8 cm³/mol. The molecule has 0 heterocycles. The van der Waals surface area contributed by atoms with Crippen LogP contribution in [0.1, 0.15) is 45.1 Å². The molecule has 0 aliphatic heterocycles. The van der Waals surface area contributed by atoms with Crippen LogP contribution in [0.2, 0.25) is 0 Å². The number of carboxylic acid groups (broad SMARTS) is 1. The van der Waals surface area contributed by atoms with Crippen LogP contribution in [-0.4, -0.2) is 29.9 Å². The molecule has 116 valence electrons. The van der Waals surface area contributed by atoms with E-state index in [4.69, 9.17) is 5.11 Å². The van der Waals surface area contributed by atoms with Crippen molar-refractivity contribution >= 4 is 17.4 Å². The number of benzene rings is 1. The standard InChI is InChI=1S/C17H25NO3/c1-3-5-11-18(12-6-4-2)15-9-7-14(8-10-15)13-16(19)17(20)21/h7-10H,3-6,11-13H2,1-2H3,(H,20,21). The van der Waals surface area contributed by atoms with Crippen molar-refractivity contribution in [1.82, 2.24) is 0 Å². The number of Topliss-reactive ketones (excluding diaryl/α,β-unsaturated/α-hetero) is 1. The second-order valence-electron chi connectivity index (χ2n) is 5.27. The molecule has 0 unspecified atom stereocenters. The van der Waals surface area contributed by atoms with Gasteiger partial charge in [-0.3, -0.25) is 4.79 Å². The molecule has 0 bridgehead atoms. The average molecular weight is 291 g/mol. The van der Waals surface area contributed by atoms with E-state index in [-0.39, 0.29) is 6.42 Å². The molecular formula is C17H25NO3. The minimum absolute atomic E-state index is 0.0421. The number of hydrogen-bond donors (Lipinski definition) is 1. The molecule has 0 saturated carbocycles. The van der Waals surface area contributed by atoms with Crippen molar-refractivity contribution < 1.29 is 14.7 Å². The molecule has 0 radical (unpaired) electrons. The van der Waals surface area contributed by atoms with Gasteiger partial charge in [-0.15, -0.1) is 0 Å². The minimum Gasteiger partial charge on any atom is -0.475 e. The summed E-state index contributed by atoms with van der Waals surface area (Å²) in [6.07, 6.45) is 4.59. The third kappa shape index (κ3) is 5.98. The summed E-state index contributed by atoms with van der Waals surface area (Å²) >= 11 is 0. The van der Waals surface area contributed by atoms with Crippen LogP contribution in [0.3, 0.4) is 0 Å². The highest BCUT2D eigenvalue weighted by Crippen LogP contribution is 2.17. The molecule has 0 atom stereocenters. The molecule has 0 saturated heterocycles. The van der Waals surface area contributed by atoms with Gasteiger partial charge in [0.25, 0.3) is 0 Å². The SMILES string of the molecule is CCCCN(CCCC)c1ccc(CC(=O)C(=O)O)cc1. The summed E-state index contributed by atoms with van der Waals surface area (Å²) in [7, 11) is 0. The van der Waals surface area contributed by atoms with Crippen LogP contribution in [0.5, 0.6) is 0 Å². The zero-order valence-electron chi connectivity index (χ0n) is 13.0. The van der Waals surface area contributed by atoms with Gasteiger partial charge in [0.1, 0.15) is 0 Å². The minimum atomic E-state index is -1.37. The molecule has 0 aromatic heterocycles. The quantitative estimate of drug-likeness (QED) is 0.672. The number of rotatable bonds is 10. The first-order valence-corrected chi connectivity index (χ1v) is 7.68. The van der Waals surface area contributed by atoms with Crippen LogP contribution >= 0.6 is 0 Å². The van der Waals surface area contributed by atoms with Gasteiger partial charge in [0.05, 0.1) is 0 Å². The first-order valence-electron chi connectivity index (χ1n) is 7.68. The Balaban J connectivity index is 2.71. The highest BCUT2D eigenvalue weighted by Gasteiger charge is 2.12. The largest absolute Gasteiger partial charge is 0.475 e. The summed E-state index contributed by atoms with van der Waals surface area (Å²) in [6, 6.07) is 7.66. The summed E-state index contributed by atoms with van der Waals surface area (Å²) in [5.41, 5.74) is 1.89. The Labute approximate surface area is 126 Å². The zero-order valence-corrected chi connectivity index (χ0v) is 13.0. The summed E-state index contributed by atoms with van der Waals surface area (Å²) in [5.74, 6) is -2.14. The van der Waals surface area contributed by atoms with Gasteiger partial charge in [-0.05, 0) is 30.5 Å². The number of carbonyl (C=O) groups excluding carboxylic acids is 1. The van der Waals surface area contributed by atoms with Gasteiger partial charge in [-0.25, -0.2) is 4.79 Å². The maximum absolute atomic E-state index is 11.2.